The molecule has 66 valence electrons. The molecule has 0 aliphatic rings. The molecule has 0 aromatic heterocycles. The molecular weight excluding hydrogens is 168 g/mol. The minimum Gasteiger partial charge on any atom is -0.508 e. The van der Waals surface area contributed by atoms with Crippen LogP contribution in [0.2, 0.25) is 0 Å². The molecule has 0 aliphatic heterocycles. The molecule has 0 heterocycles. The van der Waals surface area contributed by atoms with Crippen molar-refractivity contribution in [1.29, 1.82) is 0 Å². The van der Waals surface area contributed by atoms with Gasteiger partial charge in [-0.2, -0.15) is 0 Å². The molecule has 0 saturated heterocycles. The van der Waals surface area contributed by atoms with Gasteiger partial charge in [0.2, 0.25) is 0 Å². The monoisotopic (exact) mass is 182 g/mol. The summed E-state index contributed by atoms with van der Waals surface area (Å²) in [5.74, 6) is 0.348. The molecule has 0 unspecified atom stereocenters. The van der Waals surface area contributed by atoms with Gasteiger partial charge in [0, 0.05) is 10.5 Å². The molecule has 0 aliphatic carbocycles. The lowest BCUT2D eigenvalue weighted by molar-refractivity contribution is 0.446. The Morgan fingerprint density at radius 2 is 1.83 bits per heavy atom. The summed E-state index contributed by atoms with van der Waals surface area (Å²) in [7, 11) is 0. The van der Waals surface area contributed by atoms with E-state index in [0.29, 0.717) is 5.75 Å². The molecule has 0 fully saturated rings. The number of hydrogen-bond donors (Lipinski definition) is 2. The fraction of sp³-hybridized carbons (Fsp3) is 0.400. The number of benzene rings is 1. The van der Waals surface area contributed by atoms with E-state index in [4.69, 9.17) is 0 Å². The summed E-state index contributed by atoms with van der Waals surface area (Å²) >= 11 is 4.22. The average molecular weight is 182 g/mol. The van der Waals surface area contributed by atoms with Crippen molar-refractivity contribution >= 4 is 12.6 Å². The second kappa shape index (κ2) is 3.02. The van der Waals surface area contributed by atoms with E-state index in [9.17, 15) is 5.11 Å². The Balaban J connectivity index is 3.23. The molecule has 2 heteroatoms. The zero-order chi connectivity index (χ0) is 9.35. The minimum atomic E-state index is -0.0250. The smallest absolute Gasteiger partial charge is 0.119 e. The van der Waals surface area contributed by atoms with E-state index in [2.05, 4.69) is 33.4 Å². The predicted molar refractivity (Wildman–Crippen MR) is 54.1 cm³/mol. The van der Waals surface area contributed by atoms with Gasteiger partial charge in [-0.05, 0) is 23.6 Å². The van der Waals surface area contributed by atoms with Crippen molar-refractivity contribution < 1.29 is 5.11 Å². The standard InChI is InChI=1S/C10H14OS/c1-10(2,3)8-6-7(12)4-5-9(8)11/h4-6,11-12H,1-3H3. The van der Waals surface area contributed by atoms with E-state index in [0.717, 1.165) is 10.5 Å². The Morgan fingerprint density at radius 1 is 1.25 bits per heavy atom. The largest absolute Gasteiger partial charge is 0.508 e. The van der Waals surface area contributed by atoms with Gasteiger partial charge in [0.25, 0.3) is 0 Å². The Labute approximate surface area is 78.8 Å². The predicted octanol–water partition coefficient (Wildman–Crippen LogP) is 2.98. The Hall–Kier alpha value is -0.630. The highest BCUT2D eigenvalue weighted by Gasteiger charge is 2.17. The van der Waals surface area contributed by atoms with Gasteiger partial charge in [0.05, 0.1) is 0 Å². The van der Waals surface area contributed by atoms with Crippen LogP contribution >= 0.6 is 12.6 Å². The van der Waals surface area contributed by atoms with Gasteiger partial charge in [-0.25, -0.2) is 0 Å². The highest BCUT2D eigenvalue weighted by atomic mass is 32.1. The van der Waals surface area contributed by atoms with Crippen LogP contribution in [0.3, 0.4) is 0 Å². The Morgan fingerprint density at radius 3 is 2.25 bits per heavy atom. The van der Waals surface area contributed by atoms with Gasteiger partial charge in [-0.15, -0.1) is 12.6 Å². The van der Waals surface area contributed by atoms with Crippen molar-refractivity contribution in [3.8, 4) is 5.75 Å². The lowest BCUT2D eigenvalue weighted by Crippen LogP contribution is -2.11. The maximum absolute atomic E-state index is 9.54. The first-order valence-electron chi connectivity index (χ1n) is 3.94. The summed E-state index contributed by atoms with van der Waals surface area (Å²) in [5.41, 5.74) is 0.915. The van der Waals surface area contributed by atoms with Crippen LogP contribution in [0.4, 0.5) is 0 Å². The van der Waals surface area contributed by atoms with E-state index < -0.39 is 0 Å². The molecular formula is C10H14OS. The summed E-state index contributed by atoms with van der Waals surface area (Å²) in [6.45, 7) is 6.19. The average Bonchev–Trinajstić information content (AvgIpc) is 1.92. The molecule has 1 aromatic rings. The molecule has 0 spiro atoms. The zero-order valence-electron chi connectivity index (χ0n) is 7.63. The number of aromatic hydroxyl groups is 1. The number of hydrogen-bond acceptors (Lipinski definition) is 2. The molecule has 1 rings (SSSR count). The third-order valence-electron chi connectivity index (χ3n) is 1.79. The van der Waals surface area contributed by atoms with E-state index in [1.165, 1.54) is 0 Å². The molecule has 12 heavy (non-hydrogen) atoms. The van der Waals surface area contributed by atoms with Gasteiger partial charge >= 0.3 is 0 Å². The fourth-order valence-electron chi connectivity index (χ4n) is 1.12. The van der Waals surface area contributed by atoms with Crippen molar-refractivity contribution in [2.45, 2.75) is 31.1 Å². The summed E-state index contributed by atoms with van der Waals surface area (Å²) in [4.78, 5) is 0.887. The van der Waals surface area contributed by atoms with Crippen LogP contribution in [0.15, 0.2) is 23.1 Å². The second-order valence-corrected chi connectivity index (χ2v) is 4.47. The van der Waals surface area contributed by atoms with Gasteiger partial charge in [0.1, 0.15) is 5.75 Å². The lowest BCUT2D eigenvalue weighted by atomic mass is 9.86. The van der Waals surface area contributed by atoms with Crippen molar-refractivity contribution in [1.82, 2.24) is 0 Å². The Bertz CT molecular complexity index is 286. The molecule has 0 bridgehead atoms. The molecule has 1 N–H and O–H groups in total. The number of rotatable bonds is 0. The third kappa shape index (κ3) is 1.95. The van der Waals surface area contributed by atoms with E-state index in [1.807, 2.05) is 6.07 Å². The molecule has 1 nitrogen and oxygen atoms in total. The quantitative estimate of drug-likeness (QED) is 0.591. The van der Waals surface area contributed by atoms with E-state index >= 15 is 0 Å². The van der Waals surface area contributed by atoms with Crippen molar-refractivity contribution in [2.75, 3.05) is 0 Å². The summed E-state index contributed by atoms with van der Waals surface area (Å²) in [6, 6.07) is 5.37. The maximum Gasteiger partial charge on any atom is 0.119 e. The van der Waals surface area contributed by atoms with Gasteiger partial charge in [0.15, 0.2) is 0 Å². The summed E-state index contributed by atoms with van der Waals surface area (Å²) < 4.78 is 0. The first-order valence-corrected chi connectivity index (χ1v) is 4.38. The lowest BCUT2D eigenvalue weighted by Gasteiger charge is -2.20. The van der Waals surface area contributed by atoms with E-state index in [-0.39, 0.29) is 5.41 Å². The van der Waals surface area contributed by atoms with Crippen LogP contribution in [-0.4, -0.2) is 5.11 Å². The SMILES string of the molecule is CC(C)(C)c1cc(S)ccc1O. The topological polar surface area (TPSA) is 20.2 Å². The molecule has 0 atom stereocenters. The van der Waals surface area contributed by atoms with Crippen LogP contribution in [0.5, 0.6) is 5.75 Å². The normalized spacial score (nSPS) is 11.7. The van der Waals surface area contributed by atoms with Crippen LogP contribution in [-0.2, 0) is 5.41 Å². The molecule has 1 aromatic carbocycles. The highest BCUT2D eigenvalue weighted by molar-refractivity contribution is 7.80. The number of thiol groups is 1. The number of phenolic OH excluding ortho intramolecular Hbond substituents is 1. The van der Waals surface area contributed by atoms with Crippen molar-refractivity contribution in [2.24, 2.45) is 0 Å². The second-order valence-electron chi connectivity index (χ2n) is 3.95. The van der Waals surface area contributed by atoms with Crippen LogP contribution in [0.25, 0.3) is 0 Å². The summed E-state index contributed by atoms with van der Waals surface area (Å²) in [6.07, 6.45) is 0. The van der Waals surface area contributed by atoms with Crippen LogP contribution < -0.4 is 0 Å². The minimum absolute atomic E-state index is 0.0250. The van der Waals surface area contributed by atoms with Gasteiger partial charge in [-0.3, -0.25) is 0 Å². The van der Waals surface area contributed by atoms with Crippen LogP contribution in [0.1, 0.15) is 26.3 Å². The van der Waals surface area contributed by atoms with E-state index in [1.54, 1.807) is 12.1 Å². The Kier molecular flexibility index (Phi) is 2.38. The fourth-order valence-corrected chi connectivity index (χ4v) is 1.33. The molecule has 0 saturated carbocycles. The van der Waals surface area contributed by atoms with Crippen molar-refractivity contribution in [3.63, 3.8) is 0 Å². The van der Waals surface area contributed by atoms with Gasteiger partial charge in [-0.1, -0.05) is 20.8 Å². The molecule has 0 radical (unpaired) electrons. The maximum atomic E-state index is 9.54. The summed E-state index contributed by atoms with van der Waals surface area (Å²) in [5, 5.41) is 9.54. The number of phenols is 1. The third-order valence-corrected chi connectivity index (χ3v) is 2.07. The van der Waals surface area contributed by atoms with Crippen molar-refractivity contribution in [3.05, 3.63) is 23.8 Å². The first-order chi connectivity index (χ1) is 5.41. The zero-order valence-corrected chi connectivity index (χ0v) is 8.52. The highest BCUT2D eigenvalue weighted by Crippen LogP contribution is 2.31. The first kappa shape index (κ1) is 9.46. The van der Waals surface area contributed by atoms with Crippen LogP contribution in [0, 0.1) is 0 Å². The van der Waals surface area contributed by atoms with Gasteiger partial charge < -0.3 is 5.11 Å². The molecule has 0 amide bonds.